The van der Waals surface area contributed by atoms with Gasteiger partial charge in [0.05, 0.1) is 12.3 Å². The summed E-state index contributed by atoms with van der Waals surface area (Å²) in [6.45, 7) is 3.78. The number of aromatic nitrogens is 2. The van der Waals surface area contributed by atoms with Gasteiger partial charge in [0.15, 0.2) is 0 Å². The fourth-order valence-corrected chi connectivity index (χ4v) is 2.90. The zero-order valence-electron chi connectivity index (χ0n) is 10.7. The molecule has 0 unspecified atom stereocenters. The monoisotopic (exact) mass is 301 g/mol. The van der Waals surface area contributed by atoms with Crippen LogP contribution in [0.4, 0.5) is 5.82 Å². The molecule has 1 fully saturated rings. The second kappa shape index (κ2) is 5.40. The van der Waals surface area contributed by atoms with Crippen molar-refractivity contribution in [2.45, 2.75) is 31.1 Å². The molecule has 1 aliphatic carbocycles. The maximum atomic E-state index is 5.21. The number of alkyl halides is 1. The van der Waals surface area contributed by atoms with E-state index in [4.69, 9.17) is 4.74 Å². The first kappa shape index (κ1) is 12.9. The van der Waals surface area contributed by atoms with Crippen molar-refractivity contribution in [3.8, 4) is 0 Å². The summed E-state index contributed by atoms with van der Waals surface area (Å²) < 4.78 is 7.21. The molecule has 1 heterocycles. The van der Waals surface area contributed by atoms with Crippen molar-refractivity contribution in [1.29, 1.82) is 0 Å². The molecule has 5 heteroatoms. The second-order valence-corrected chi connectivity index (χ2v) is 5.12. The Bertz CT molecular complexity index is 387. The van der Waals surface area contributed by atoms with E-state index in [2.05, 4.69) is 32.9 Å². The minimum atomic E-state index is 0.678. The van der Waals surface area contributed by atoms with E-state index in [0.29, 0.717) is 6.04 Å². The van der Waals surface area contributed by atoms with Gasteiger partial charge in [0.1, 0.15) is 5.82 Å². The second-order valence-electron chi connectivity index (χ2n) is 4.56. The van der Waals surface area contributed by atoms with Crippen molar-refractivity contribution in [2.75, 3.05) is 25.2 Å². The highest BCUT2D eigenvalue weighted by Gasteiger charge is 2.32. The van der Waals surface area contributed by atoms with Crippen LogP contribution in [-0.2, 0) is 17.1 Å². The smallest absolute Gasteiger partial charge is 0.131 e. The largest absolute Gasteiger partial charge is 0.383 e. The molecule has 0 radical (unpaired) electrons. The number of halogens is 1. The molecule has 0 saturated heterocycles. The highest BCUT2D eigenvalue weighted by Crippen LogP contribution is 2.34. The Morgan fingerprint density at radius 2 is 2.24 bits per heavy atom. The van der Waals surface area contributed by atoms with Gasteiger partial charge in [-0.05, 0) is 19.8 Å². The van der Waals surface area contributed by atoms with Gasteiger partial charge in [0.25, 0.3) is 0 Å². The van der Waals surface area contributed by atoms with Crippen LogP contribution >= 0.6 is 15.9 Å². The summed E-state index contributed by atoms with van der Waals surface area (Å²) in [6.07, 6.45) is 2.57. The first-order valence-electron chi connectivity index (χ1n) is 6.03. The molecule has 0 aliphatic heterocycles. The lowest BCUT2D eigenvalue weighted by molar-refractivity contribution is 0.204. The van der Waals surface area contributed by atoms with Crippen LogP contribution in [0.2, 0.25) is 0 Å². The van der Waals surface area contributed by atoms with Crippen molar-refractivity contribution in [2.24, 2.45) is 7.05 Å². The third-order valence-corrected chi connectivity index (χ3v) is 3.80. The van der Waals surface area contributed by atoms with Crippen LogP contribution in [0.3, 0.4) is 0 Å². The molecule has 0 atom stereocenters. The van der Waals surface area contributed by atoms with E-state index < -0.39 is 0 Å². The fraction of sp³-hybridized carbons (Fsp3) is 0.750. The van der Waals surface area contributed by atoms with E-state index in [1.54, 1.807) is 7.11 Å². The van der Waals surface area contributed by atoms with Crippen LogP contribution in [-0.4, -0.2) is 36.1 Å². The number of nitrogens with zero attached hydrogens (tertiary/aromatic N) is 3. The predicted octanol–water partition coefficient (Wildman–Crippen LogP) is 2.24. The third-order valence-electron chi connectivity index (χ3n) is 3.24. The molecule has 0 amide bonds. The topological polar surface area (TPSA) is 30.3 Å². The number of aryl methyl sites for hydroxylation is 2. The molecule has 0 N–H and O–H groups in total. The van der Waals surface area contributed by atoms with Crippen LogP contribution in [0.5, 0.6) is 0 Å². The van der Waals surface area contributed by atoms with Gasteiger partial charge in [-0.1, -0.05) is 15.9 Å². The Morgan fingerprint density at radius 3 is 2.76 bits per heavy atom. The average molecular weight is 302 g/mol. The van der Waals surface area contributed by atoms with Crippen molar-refractivity contribution in [3.05, 3.63) is 11.3 Å². The fourth-order valence-electron chi connectivity index (χ4n) is 2.24. The summed E-state index contributed by atoms with van der Waals surface area (Å²) in [5.41, 5.74) is 2.41. The average Bonchev–Trinajstić information content (AvgIpc) is 3.07. The zero-order chi connectivity index (χ0) is 12.4. The molecule has 1 aromatic rings. The Hall–Kier alpha value is -0.550. The number of hydrogen-bond donors (Lipinski definition) is 0. The minimum absolute atomic E-state index is 0.678. The summed E-state index contributed by atoms with van der Waals surface area (Å²) >= 11 is 3.57. The van der Waals surface area contributed by atoms with E-state index in [9.17, 15) is 0 Å². The maximum Gasteiger partial charge on any atom is 0.131 e. The molecular weight excluding hydrogens is 282 g/mol. The zero-order valence-corrected chi connectivity index (χ0v) is 12.3. The van der Waals surface area contributed by atoms with Gasteiger partial charge < -0.3 is 9.64 Å². The molecule has 1 saturated carbocycles. The van der Waals surface area contributed by atoms with Crippen LogP contribution in [0.1, 0.15) is 24.1 Å². The lowest BCUT2D eigenvalue weighted by Crippen LogP contribution is -2.31. The van der Waals surface area contributed by atoms with Crippen molar-refractivity contribution in [3.63, 3.8) is 0 Å². The van der Waals surface area contributed by atoms with E-state index in [-0.39, 0.29) is 0 Å². The van der Waals surface area contributed by atoms with E-state index in [1.807, 2.05) is 11.7 Å². The van der Waals surface area contributed by atoms with Gasteiger partial charge in [-0.3, -0.25) is 4.68 Å². The highest BCUT2D eigenvalue weighted by atomic mass is 79.9. The summed E-state index contributed by atoms with van der Waals surface area (Å²) in [7, 11) is 3.78. The van der Waals surface area contributed by atoms with Crippen LogP contribution in [0.25, 0.3) is 0 Å². The van der Waals surface area contributed by atoms with E-state index in [1.165, 1.54) is 24.2 Å². The van der Waals surface area contributed by atoms with Crippen molar-refractivity contribution in [1.82, 2.24) is 9.78 Å². The van der Waals surface area contributed by atoms with Gasteiger partial charge >= 0.3 is 0 Å². The molecule has 96 valence electrons. The Kier molecular flexibility index (Phi) is 4.09. The van der Waals surface area contributed by atoms with Gasteiger partial charge in [0, 0.05) is 37.6 Å². The number of methoxy groups -OCH3 is 1. The SMILES string of the molecule is COCCN(c1c(CBr)c(C)nn1C)C1CC1. The normalized spacial score (nSPS) is 15.3. The number of anilines is 1. The molecular formula is C12H20BrN3O. The molecule has 0 spiro atoms. The molecule has 2 rings (SSSR count). The lowest BCUT2D eigenvalue weighted by Gasteiger charge is -2.25. The molecule has 0 aromatic carbocycles. The van der Waals surface area contributed by atoms with E-state index >= 15 is 0 Å². The van der Waals surface area contributed by atoms with Crippen LogP contribution in [0.15, 0.2) is 0 Å². The van der Waals surface area contributed by atoms with Gasteiger partial charge in [-0.2, -0.15) is 5.10 Å². The number of hydrogen-bond acceptors (Lipinski definition) is 3. The minimum Gasteiger partial charge on any atom is -0.383 e. The third kappa shape index (κ3) is 2.65. The first-order valence-corrected chi connectivity index (χ1v) is 7.15. The van der Waals surface area contributed by atoms with Gasteiger partial charge in [0.2, 0.25) is 0 Å². The molecule has 4 nitrogen and oxygen atoms in total. The van der Waals surface area contributed by atoms with Crippen molar-refractivity contribution >= 4 is 21.7 Å². The van der Waals surface area contributed by atoms with E-state index in [0.717, 1.165) is 24.2 Å². The maximum absolute atomic E-state index is 5.21. The van der Waals surface area contributed by atoms with Crippen LogP contribution < -0.4 is 4.90 Å². The quantitative estimate of drug-likeness (QED) is 0.755. The van der Waals surface area contributed by atoms with Crippen LogP contribution in [0, 0.1) is 6.92 Å². The predicted molar refractivity (Wildman–Crippen MR) is 72.8 cm³/mol. The summed E-state index contributed by atoms with van der Waals surface area (Å²) in [5, 5.41) is 5.38. The molecule has 1 aromatic heterocycles. The lowest BCUT2D eigenvalue weighted by atomic mass is 10.2. The molecule has 1 aliphatic rings. The highest BCUT2D eigenvalue weighted by molar-refractivity contribution is 9.08. The molecule has 0 bridgehead atoms. The Balaban J connectivity index is 2.27. The summed E-state index contributed by atoms with van der Waals surface area (Å²) in [4.78, 5) is 2.44. The van der Waals surface area contributed by atoms with Crippen molar-refractivity contribution < 1.29 is 4.74 Å². The number of rotatable bonds is 6. The Labute approximate surface area is 111 Å². The summed E-state index contributed by atoms with van der Waals surface area (Å²) in [5.74, 6) is 1.25. The standard InChI is InChI=1S/C12H20BrN3O/c1-9-11(8-13)12(15(2)14-9)16(6-7-17-3)10-4-5-10/h10H,4-8H2,1-3H3. The molecule has 17 heavy (non-hydrogen) atoms. The van der Waals surface area contributed by atoms with Gasteiger partial charge in [-0.15, -0.1) is 0 Å². The Morgan fingerprint density at radius 1 is 1.53 bits per heavy atom. The van der Waals surface area contributed by atoms with Gasteiger partial charge in [-0.25, -0.2) is 0 Å². The summed E-state index contributed by atoms with van der Waals surface area (Å²) in [6, 6.07) is 0.678. The first-order chi connectivity index (χ1) is 8.19. The number of ether oxygens (including phenoxy) is 1.